The molecule has 0 bridgehead atoms. The number of phenols is 1. The first-order chi connectivity index (χ1) is 9.24. The molecule has 0 radical (unpaired) electrons. The zero-order valence-corrected chi connectivity index (χ0v) is 10.7. The third-order valence-corrected chi connectivity index (χ3v) is 3.36. The minimum absolute atomic E-state index is 0.132. The van der Waals surface area contributed by atoms with Crippen molar-refractivity contribution >= 4 is 0 Å². The van der Waals surface area contributed by atoms with Crippen molar-refractivity contribution in [2.24, 2.45) is 0 Å². The summed E-state index contributed by atoms with van der Waals surface area (Å²) in [6.45, 7) is 2.66. The monoisotopic (exact) mass is 256 g/mol. The Balaban J connectivity index is 1.76. The van der Waals surface area contributed by atoms with E-state index in [1.165, 1.54) is 0 Å². The summed E-state index contributed by atoms with van der Waals surface area (Å²) in [4.78, 5) is 4.35. The lowest BCUT2D eigenvalue weighted by Gasteiger charge is -2.18. The van der Waals surface area contributed by atoms with E-state index >= 15 is 0 Å². The van der Waals surface area contributed by atoms with E-state index in [1.54, 1.807) is 18.3 Å². The van der Waals surface area contributed by atoms with E-state index in [-0.39, 0.29) is 17.8 Å². The Labute approximate surface area is 112 Å². The predicted molar refractivity (Wildman–Crippen MR) is 72.1 cm³/mol. The molecule has 1 aromatic heterocycles. The average molecular weight is 256 g/mol. The van der Waals surface area contributed by atoms with Crippen molar-refractivity contribution in [1.82, 2.24) is 10.3 Å². The molecule has 98 valence electrons. The van der Waals surface area contributed by atoms with Gasteiger partial charge in [-0.25, -0.2) is 0 Å². The molecule has 2 aromatic rings. The van der Waals surface area contributed by atoms with Crippen molar-refractivity contribution < 1.29 is 9.84 Å². The topological polar surface area (TPSA) is 54.4 Å². The summed E-state index contributed by atoms with van der Waals surface area (Å²) in [5.74, 6) is 0.989. The molecule has 3 rings (SSSR count). The smallest absolute Gasteiger partial charge is 0.127 e. The van der Waals surface area contributed by atoms with Gasteiger partial charge in [0.25, 0.3) is 0 Å². The zero-order chi connectivity index (χ0) is 13.2. The molecule has 2 heterocycles. The van der Waals surface area contributed by atoms with E-state index in [4.69, 9.17) is 4.74 Å². The summed E-state index contributed by atoms with van der Waals surface area (Å²) in [5, 5.41) is 12.9. The molecule has 0 saturated carbocycles. The molecule has 1 aliphatic heterocycles. The van der Waals surface area contributed by atoms with Gasteiger partial charge in [0.1, 0.15) is 18.1 Å². The lowest BCUT2D eigenvalue weighted by atomic mass is 10.1. The van der Waals surface area contributed by atoms with Gasteiger partial charge in [0.15, 0.2) is 0 Å². The second-order valence-electron chi connectivity index (χ2n) is 4.73. The number of fused-ring (bicyclic) bond motifs is 1. The fourth-order valence-corrected chi connectivity index (χ4v) is 2.36. The van der Waals surface area contributed by atoms with Gasteiger partial charge >= 0.3 is 0 Å². The fraction of sp³-hybridized carbons (Fsp3) is 0.267. The maximum absolute atomic E-state index is 9.43. The van der Waals surface area contributed by atoms with Gasteiger partial charge in [-0.1, -0.05) is 6.07 Å². The van der Waals surface area contributed by atoms with Gasteiger partial charge in [-0.2, -0.15) is 0 Å². The fourth-order valence-electron chi connectivity index (χ4n) is 2.36. The molecule has 0 amide bonds. The Morgan fingerprint density at radius 1 is 1.37 bits per heavy atom. The minimum Gasteiger partial charge on any atom is -0.508 e. The molecule has 4 heteroatoms. The minimum atomic E-state index is 0.132. The van der Waals surface area contributed by atoms with Crippen LogP contribution in [0.3, 0.4) is 0 Å². The first kappa shape index (κ1) is 12.0. The van der Waals surface area contributed by atoms with Crippen molar-refractivity contribution in [2.45, 2.75) is 19.0 Å². The number of nitrogens with zero attached hydrogens (tertiary/aromatic N) is 1. The molecule has 0 aliphatic carbocycles. The first-order valence-electron chi connectivity index (χ1n) is 6.37. The standard InChI is InChI=1S/C15H16N2O2/c1-10(13-4-2-3-7-16-13)17-14-9-19-15-8-11(18)5-6-12(14)15/h2-8,10,14,17-18H,9H2,1H3/t10-,14?/m1/s1. The highest BCUT2D eigenvalue weighted by atomic mass is 16.5. The molecule has 0 spiro atoms. The highest BCUT2D eigenvalue weighted by molar-refractivity contribution is 5.44. The summed E-state index contributed by atoms with van der Waals surface area (Å²) in [5.41, 5.74) is 2.09. The number of hydrogen-bond acceptors (Lipinski definition) is 4. The van der Waals surface area contributed by atoms with Crippen LogP contribution in [0.25, 0.3) is 0 Å². The highest BCUT2D eigenvalue weighted by Gasteiger charge is 2.26. The second kappa shape index (κ2) is 4.90. The van der Waals surface area contributed by atoms with Gasteiger partial charge in [-0.15, -0.1) is 0 Å². The summed E-state index contributed by atoms with van der Waals surface area (Å²) in [7, 11) is 0. The number of hydrogen-bond donors (Lipinski definition) is 2. The van der Waals surface area contributed by atoms with E-state index in [1.807, 2.05) is 24.3 Å². The number of ether oxygens (including phenoxy) is 1. The van der Waals surface area contributed by atoms with Crippen LogP contribution in [0.15, 0.2) is 42.6 Å². The van der Waals surface area contributed by atoms with Crippen LogP contribution in [0.4, 0.5) is 0 Å². The van der Waals surface area contributed by atoms with Gasteiger partial charge in [-0.05, 0) is 31.2 Å². The molecule has 19 heavy (non-hydrogen) atoms. The van der Waals surface area contributed by atoms with E-state index in [9.17, 15) is 5.11 Å². The lowest BCUT2D eigenvalue weighted by Crippen LogP contribution is -2.26. The molecular weight excluding hydrogens is 240 g/mol. The second-order valence-corrected chi connectivity index (χ2v) is 4.73. The van der Waals surface area contributed by atoms with Gasteiger partial charge < -0.3 is 9.84 Å². The van der Waals surface area contributed by atoms with E-state index in [0.29, 0.717) is 6.61 Å². The number of aromatic hydroxyl groups is 1. The van der Waals surface area contributed by atoms with Crippen LogP contribution in [0.1, 0.15) is 30.3 Å². The molecule has 4 nitrogen and oxygen atoms in total. The van der Waals surface area contributed by atoms with Crippen LogP contribution in [0, 0.1) is 0 Å². The maximum Gasteiger partial charge on any atom is 0.127 e. The van der Waals surface area contributed by atoms with E-state index < -0.39 is 0 Å². The largest absolute Gasteiger partial charge is 0.508 e. The predicted octanol–water partition coefficient (Wildman–Crippen LogP) is 2.57. The van der Waals surface area contributed by atoms with E-state index in [2.05, 4.69) is 17.2 Å². The number of aromatic nitrogens is 1. The molecule has 2 N–H and O–H groups in total. The summed E-state index contributed by atoms with van der Waals surface area (Å²) in [6.07, 6.45) is 1.80. The first-order valence-corrected chi connectivity index (χ1v) is 6.37. The van der Waals surface area contributed by atoms with Gasteiger partial charge in [0, 0.05) is 23.9 Å². The van der Waals surface area contributed by atoms with Crippen molar-refractivity contribution in [3.63, 3.8) is 0 Å². The van der Waals surface area contributed by atoms with E-state index in [0.717, 1.165) is 17.0 Å². The Kier molecular flexibility index (Phi) is 3.09. The third kappa shape index (κ3) is 2.39. The maximum atomic E-state index is 9.43. The van der Waals surface area contributed by atoms with Gasteiger partial charge in [0.05, 0.1) is 11.7 Å². The SMILES string of the molecule is C[C@@H](NC1COc2cc(O)ccc21)c1ccccn1. The van der Waals surface area contributed by atoms with Crippen LogP contribution in [0.2, 0.25) is 0 Å². The molecule has 2 atom stereocenters. The van der Waals surface area contributed by atoms with Crippen molar-refractivity contribution in [1.29, 1.82) is 0 Å². The summed E-state index contributed by atoms with van der Waals surface area (Å²) >= 11 is 0. The quantitative estimate of drug-likeness (QED) is 0.886. The van der Waals surface area contributed by atoms with Crippen molar-refractivity contribution in [3.8, 4) is 11.5 Å². The molecule has 1 aromatic carbocycles. The number of rotatable bonds is 3. The molecule has 1 aliphatic rings. The Morgan fingerprint density at radius 3 is 3.05 bits per heavy atom. The molecular formula is C15H16N2O2. The number of benzene rings is 1. The molecule has 0 saturated heterocycles. The zero-order valence-electron chi connectivity index (χ0n) is 10.7. The summed E-state index contributed by atoms with van der Waals surface area (Å²) < 4.78 is 5.59. The van der Waals surface area contributed by atoms with Crippen molar-refractivity contribution in [2.75, 3.05) is 6.61 Å². The Bertz CT molecular complexity index is 572. The van der Waals surface area contributed by atoms with Crippen LogP contribution in [-0.2, 0) is 0 Å². The molecule has 0 fully saturated rings. The summed E-state index contributed by atoms with van der Waals surface area (Å²) in [6, 6.07) is 11.4. The van der Waals surface area contributed by atoms with Crippen LogP contribution < -0.4 is 10.1 Å². The van der Waals surface area contributed by atoms with Crippen molar-refractivity contribution in [3.05, 3.63) is 53.9 Å². The third-order valence-electron chi connectivity index (χ3n) is 3.36. The Hall–Kier alpha value is -2.07. The number of phenolic OH excluding ortho intramolecular Hbond substituents is 1. The molecule has 1 unspecified atom stereocenters. The van der Waals surface area contributed by atoms with Crippen LogP contribution in [-0.4, -0.2) is 16.7 Å². The normalized spacial score (nSPS) is 18.7. The number of pyridine rings is 1. The lowest BCUT2D eigenvalue weighted by molar-refractivity contribution is 0.299. The van der Waals surface area contributed by atoms with Gasteiger partial charge in [-0.3, -0.25) is 10.3 Å². The van der Waals surface area contributed by atoms with Crippen LogP contribution in [0.5, 0.6) is 11.5 Å². The van der Waals surface area contributed by atoms with Gasteiger partial charge in [0.2, 0.25) is 0 Å². The van der Waals surface area contributed by atoms with Crippen LogP contribution >= 0.6 is 0 Å². The highest BCUT2D eigenvalue weighted by Crippen LogP contribution is 2.35. The Morgan fingerprint density at radius 2 is 2.26 bits per heavy atom. The average Bonchev–Trinajstić information content (AvgIpc) is 2.82. The number of nitrogens with one attached hydrogen (secondary N) is 1.